The molecule has 1 aromatic heterocycles. The van der Waals surface area contributed by atoms with Gasteiger partial charge >= 0.3 is 5.97 Å². The Hall–Kier alpha value is -1.17. The number of hydrogen-bond donors (Lipinski definition) is 1. The van der Waals surface area contributed by atoms with Gasteiger partial charge < -0.3 is 15.0 Å². The minimum atomic E-state index is -0.420. The van der Waals surface area contributed by atoms with Crippen molar-refractivity contribution in [3.63, 3.8) is 0 Å². The number of nitrogen functional groups attached to an aromatic ring is 1. The van der Waals surface area contributed by atoms with Gasteiger partial charge in [0, 0.05) is 18.2 Å². The molecule has 0 saturated carbocycles. The van der Waals surface area contributed by atoms with Crippen molar-refractivity contribution >= 4 is 23.5 Å². The lowest BCUT2D eigenvalue weighted by atomic mass is 10.1. The van der Waals surface area contributed by atoms with Gasteiger partial charge in [0.25, 0.3) is 0 Å². The van der Waals surface area contributed by atoms with Gasteiger partial charge in [0.15, 0.2) is 5.69 Å². The summed E-state index contributed by atoms with van der Waals surface area (Å²) >= 11 is 1.93. The number of ether oxygens (including phenoxy) is 1. The van der Waals surface area contributed by atoms with Gasteiger partial charge in [0.1, 0.15) is 11.6 Å². The summed E-state index contributed by atoms with van der Waals surface area (Å²) in [6, 6.07) is 0.351. The number of nitrogens with two attached hydrogens (primary N) is 1. The van der Waals surface area contributed by atoms with Gasteiger partial charge in [0.05, 0.1) is 6.61 Å². The monoisotopic (exact) mass is 283 g/mol. The summed E-state index contributed by atoms with van der Waals surface area (Å²) in [7, 11) is 0. The second-order valence-electron chi connectivity index (χ2n) is 4.58. The van der Waals surface area contributed by atoms with Crippen LogP contribution in [0.3, 0.4) is 0 Å². The number of hydrogen-bond acceptors (Lipinski definition) is 5. The summed E-state index contributed by atoms with van der Waals surface area (Å²) in [5.74, 6) is 3.17. The summed E-state index contributed by atoms with van der Waals surface area (Å²) in [6.45, 7) is 4.15. The average molecular weight is 283 g/mol. The van der Waals surface area contributed by atoms with Crippen LogP contribution in [-0.2, 0) is 11.2 Å². The summed E-state index contributed by atoms with van der Waals surface area (Å²) in [4.78, 5) is 16.2. The molecular weight excluding hydrogens is 262 g/mol. The third-order valence-electron chi connectivity index (χ3n) is 3.31. The number of carbonyl (C=O) groups is 1. The largest absolute Gasteiger partial charge is 0.461 e. The first-order valence-electron chi connectivity index (χ1n) is 6.80. The molecule has 1 aliphatic rings. The van der Waals surface area contributed by atoms with E-state index in [-0.39, 0.29) is 5.69 Å². The number of esters is 1. The molecule has 0 aliphatic carbocycles. The second-order valence-corrected chi connectivity index (χ2v) is 5.73. The molecule has 0 spiro atoms. The Balaban J connectivity index is 2.33. The third kappa shape index (κ3) is 2.88. The van der Waals surface area contributed by atoms with Crippen LogP contribution in [0.15, 0.2) is 0 Å². The van der Waals surface area contributed by atoms with E-state index in [0.29, 0.717) is 18.5 Å². The van der Waals surface area contributed by atoms with Crippen molar-refractivity contribution in [2.24, 2.45) is 0 Å². The Bertz CT molecular complexity index is 453. The molecule has 6 heteroatoms. The lowest BCUT2D eigenvalue weighted by Gasteiger charge is -2.25. The predicted octanol–water partition coefficient (Wildman–Crippen LogP) is 2.27. The molecule has 2 rings (SSSR count). The highest BCUT2D eigenvalue weighted by Crippen LogP contribution is 2.31. The summed E-state index contributed by atoms with van der Waals surface area (Å²) in [6.07, 6.45) is 3.05. The van der Waals surface area contributed by atoms with Crippen LogP contribution >= 0.6 is 11.8 Å². The second kappa shape index (κ2) is 6.32. The Morgan fingerprint density at radius 1 is 1.58 bits per heavy atom. The molecule has 0 amide bonds. The number of anilines is 1. The van der Waals surface area contributed by atoms with E-state index in [9.17, 15) is 4.79 Å². The topological polar surface area (TPSA) is 70.1 Å². The number of nitrogens with zero attached hydrogens (tertiary/aromatic N) is 2. The number of aryl methyl sites for hydroxylation is 1. The molecule has 0 bridgehead atoms. The van der Waals surface area contributed by atoms with Crippen molar-refractivity contribution in [2.75, 3.05) is 23.8 Å². The molecule has 1 fully saturated rings. The molecule has 5 nitrogen and oxygen atoms in total. The fraction of sp³-hybridized carbons (Fsp3) is 0.692. The van der Waals surface area contributed by atoms with E-state index < -0.39 is 5.97 Å². The molecule has 106 valence electrons. The van der Waals surface area contributed by atoms with Gasteiger partial charge in [-0.15, -0.1) is 0 Å². The van der Waals surface area contributed by atoms with Gasteiger partial charge in [-0.05, 0) is 25.5 Å². The fourth-order valence-corrected chi connectivity index (χ4v) is 3.55. The number of imidazole rings is 1. The highest BCUT2D eigenvalue weighted by atomic mass is 32.2. The normalized spacial score (nSPS) is 19.4. The first-order chi connectivity index (χ1) is 9.19. The molecule has 2 heterocycles. The first-order valence-corrected chi connectivity index (χ1v) is 7.95. The SMILES string of the molecule is CCOC(=O)c1nc(CC)n(C2CCCSC2)c1N. The Morgan fingerprint density at radius 3 is 2.95 bits per heavy atom. The highest BCUT2D eigenvalue weighted by molar-refractivity contribution is 7.99. The summed E-state index contributed by atoms with van der Waals surface area (Å²) in [5, 5.41) is 0. The first kappa shape index (κ1) is 14.2. The maximum Gasteiger partial charge on any atom is 0.360 e. The van der Waals surface area contributed by atoms with E-state index in [1.165, 1.54) is 12.2 Å². The van der Waals surface area contributed by atoms with E-state index in [2.05, 4.69) is 4.98 Å². The van der Waals surface area contributed by atoms with Crippen molar-refractivity contribution in [3.05, 3.63) is 11.5 Å². The molecule has 0 radical (unpaired) electrons. The highest BCUT2D eigenvalue weighted by Gasteiger charge is 2.26. The van der Waals surface area contributed by atoms with E-state index in [0.717, 1.165) is 24.4 Å². The van der Waals surface area contributed by atoms with Gasteiger partial charge in [-0.25, -0.2) is 9.78 Å². The van der Waals surface area contributed by atoms with Gasteiger partial charge in [-0.3, -0.25) is 0 Å². The maximum absolute atomic E-state index is 11.8. The van der Waals surface area contributed by atoms with Crippen LogP contribution < -0.4 is 5.73 Å². The minimum Gasteiger partial charge on any atom is -0.461 e. The predicted molar refractivity (Wildman–Crippen MR) is 77.6 cm³/mol. The molecule has 1 aliphatic heterocycles. The molecule has 1 atom stereocenters. The molecule has 1 unspecified atom stereocenters. The van der Waals surface area contributed by atoms with Crippen molar-refractivity contribution in [1.82, 2.24) is 9.55 Å². The van der Waals surface area contributed by atoms with Gasteiger partial charge in [0.2, 0.25) is 0 Å². The average Bonchev–Trinajstić information content (AvgIpc) is 2.77. The third-order valence-corrected chi connectivity index (χ3v) is 4.51. The van der Waals surface area contributed by atoms with Crippen LogP contribution in [0.2, 0.25) is 0 Å². The zero-order valence-corrected chi connectivity index (χ0v) is 12.3. The molecule has 1 saturated heterocycles. The van der Waals surface area contributed by atoms with Crippen LogP contribution in [0, 0.1) is 0 Å². The van der Waals surface area contributed by atoms with Crippen LogP contribution in [0.5, 0.6) is 0 Å². The Morgan fingerprint density at radius 2 is 2.37 bits per heavy atom. The number of aromatic nitrogens is 2. The minimum absolute atomic E-state index is 0.272. The number of rotatable bonds is 4. The Labute approximate surface area is 117 Å². The summed E-state index contributed by atoms with van der Waals surface area (Å²) in [5.41, 5.74) is 6.40. The zero-order valence-electron chi connectivity index (χ0n) is 11.5. The van der Waals surface area contributed by atoms with Crippen molar-refractivity contribution in [1.29, 1.82) is 0 Å². The van der Waals surface area contributed by atoms with Crippen molar-refractivity contribution < 1.29 is 9.53 Å². The van der Waals surface area contributed by atoms with E-state index >= 15 is 0 Å². The van der Waals surface area contributed by atoms with Crippen LogP contribution in [0.4, 0.5) is 5.82 Å². The Kier molecular flexibility index (Phi) is 4.74. The molecule has 1 aromatic rings. The smallest absolute Gasteiger partial charge is 0.360 e. The fourth-order valence-electron chi connectivity index (χ4n) is 2.43. The van der Waals surface area contributed by atoms with Crippen LogP contribution in [0.1, 0.15) is 49.0 Å². The quantitative estimate of drug-likeness (QED) is 0.858. The van der Waals surface area contributed by atoms with E-state index in [4.69, 9.17) is 10.5 Å². The molecular formula is C13H21N3O2S. The van der Waals surface area contributed by atoms with Crippen molar-refractivity contribution in [2.45, 2.75) is 39.2 Å². The maximum atomic E-state index is 11.8. The number of thioether (sulfide) groups is 1. The van der Waals surface area contributed by atoms with E-state index in [1.54, 1.807) is 6.92 Å². The standard InChI is InChI=1S/C13H21N3O2S/c1-3-10-15-11(13(17)18-4-2)12(14)16(10)9-6-5-7-19-8-9/h9H,3-8,14H2,1-2H3. The lowest BCUT2D eigenvalue weighted by molar-refractivity contribution is 0.0521. The molecule has 2 N–H and O–H groups in total. The van der Waals surface area contributed by atoms with Crippen molar-refractivity contribution in [3.8, 4) is 0 Å². The van der Waals surface area contributed by atoms with Gasteiger partial charge in [-0.1, -0.05) is 6.92 Å². The number of carbonyl (C=O) groups excluding carboxylic acids is 1. The zero-order chi connectivity index (χ0) is 13.8. The van der Waals surface area contributed by atoms with Gasteiger partial charge in [-0.2, -0.15) is 11.8 Å². The lowest BCUT2D eigenvalue weighted by Crippen LogP contribution is -2.20. The molecule has 0 aromatic carbocycles. The van der Waals surface area contributed by atoms with Crippen LogP contribution in [0.25, 0.3) is 0 Å². The summed E-state index contributed by atoms with van der Waals surface area (Å²) < 4.78 is 7.05. The molecule has 19 heavy (non-hydrogen) atoms. The van der Waals surface area contributed by atoms with Crippen LogP contribution in [-0.4, -0.2) is 33.6 Å². The van der Waals surface area contributed by atoms with E-state index in [1.807, 2.05) is 23.3 Å².